The number of carbonyl (C=O) groups is 2. The molecule has 0 spiro atoms. The Labute approximate surface area is 173 Å². The minimum Gasteiger partial charge on any atom is -0.267 e. The molecule has 2 aromatic carbocycles. The van der Waals surface area contributed by atoms with Crippen LogP contribution in [0.2, 0.25) is 10.0 Å². The molecule has 2 N–H and O–H groups in total. The number of carbonyl (C=O) groups excluding carboxylic acids is 2. The Morgan fingerprint density at radius 1 is 0.964 bits per heavy atom. The molecule has 0 saturated carbocycles. The minimum absolute atomic E-state index is 0.0491. The molecule has 150 valence electrons. The molecule has 0 atom stereocenters. The van der Waals surface area contributed by atoms with Crippen LogP contribution < -0.4 is 10.9 Å². The van der Waals surface area contributed by atoms with Gasteiger partial charge < -0.3 is 0 Å². The SMILES string of the molecule is CCN(CC)S(=O)(=O)c1ccc(Cl)c(C(=O)NNC(=O)c2cccc(Cl)c2)c1. The zero-order valence-corrected chi connectivity index (χ0v) is 17.5. The van der Waals surface area contributed by atoms with Gasteiger partial charge in [0.2, 0.25) is 10.0 Å². The van der Waals surface area contributed by atoms with E-state index in [-0.39, 0.29) is 21.0 Å². The summed E-state index contributed by atoms with van der Waals surface area (Å²) in [5, 5.41) is 0.421. The third-order valence-corrected chi connectivity index (χ3v) is 6.51. The highest BCUT2D eigenvalue weighted by Crippen LogP contribution is 2.23. The zero-order valence-electron chi connectivity index (χ0n) is 15.2. The fourth-order valence-electron chi connectivity index (χ4n) is 2.43. The average Bonchev–Trinajstić information content (AvgIpc) is 2.66. The Bertz CT molecular complexity index is 992. The number of benzene rings is 2. The van der Waals surface area contributed by atoms with Crippen LogP contribution in [0.3, 0.4) is 0 Å². The Hall–Kier alpha value is -2.13. The second-order valence-electron chi connectivity index (χ2n) is 5.65. The molecule has 2 rings (SSSR count). The molecule has 0 aliphatic rings. The molecule has 0 aliphatic heterocycles. The summed E-state index contributed by atoms with van der Waals surface area (Å²) in [4.78, 5) is 24.4. The number of halogens is 2. The lowest BCUT2D eigenvalue weighted by molar-refractivity contribution is 0.0846. The van der Waals surface area contributed by atoms with E-state index in [4.69, 9.17) is 23.2 Å². The van der Waals surface area contributed by atoms with E-state index in [0.29, 0.717) is 18.1 Å². The van der Waals surface area contributed by atoms with Crippen LogP contribution in [0.1, 0.15) is 34.6 Å². The van der Waals surface area contributed by atoms with E-state index in [1.54, 1.807) is 26.0 Å². The minimum atomic E-state index is -3.76. The number of nitrogens with one attached hydrogen (secondary N) is 2. The Balaban J connectivity index is 2.20. The summed E-state index contributed by atoms with van der Waals surface area (Å²) in [6, 6.07) is 10.0. The van der Waals surface area contributed by atoms with Crippen molar-refractivity contribution in [3.05, 3.63) is 63.6 Å². The molecule has 0 aromatic heterocycles. The lowest BCUT2D eigenvalue weighted by Crippen LogP contribution is -2.41. The summed E-state index contributed by atoms with van der Waals surface area (Å²) < 4.78 is 26.5. The molecular weight excluding hydrogens is 425 g/mol. The highest BCUT2D eigenvalue weighted by atomic mass is 35.5. The summed E-state index contributed by atoms with van der Waals surface area (Å²) in [6.07, 6.45) is 0. The van der Waals surface area contributed by atoms with Gasteiger partial charge in [0.25, 0.3) is 11.8 Å². The van der Waals surface area contributed by atoms with Gasteiger partial charge in [0.1, 0.15) is 0 Å². The summed E-state index contributed by atoms with van der Waals surface area (Å²) in [7, 11) is -3.76. The van der Waals surface area contributed by atoms with Crippen molar-refractivity contribution >= 4 is 45.0 Å². The van der Waals surface area contributed by atoms with Crippen LogP contribution >= 0.6 is 23.2 Å². The molecule has 0 radical (unpaired) electrons. The maximum Gasteiger partial charge on any atom is 0.271 e. The smallest absolute Gasteiger partial charge is 0.267 e. The monoisotopic (exact) mass is 443 g/mol. The first-order valence-corrected chi connectivity index (χ1v) is 10.6. The van der Waals surface area contributed by atoms with E-state index in [9.17, 15) is 18.0 Å². The number of rotatable bonds is 6. The maximum atomic E-state index is 12.6. The third kappa shape index (κ3) is 5.02. The molecule has 0 bridgehead atoms. The zero-order chi connectivity index (χ0) is 20.9. The Kier molecular flexibility index (Phi) is 7.42. The van der Waals surface area contributed by atoms with Gasteiger partial charge in [-0.1, -0.05) is 43.1 Å². The lowest BCUT2D eigenvalue weighted by atomic mass is 10.2. The fourth-order valence-corrected chi connectivity index (χ4v) is 4.31. The van der Waals surface area contributed by atoms with Gasteiger partial charge >= 0.3 is 0 Å². The van der Waals surface area contributed by atoms with Crippen LogP contribution in [0.5, 0.6) is 0 Å². The van der Waals surface area contributed by atoms with Crippen molar-refractivity contribution in [1.29, 1.82) is 0 Å². The van der Waals surface area contributed by atoms with E-state index in [1.807, 2.05) is 0 Å². The average molecular weight is 444 g/mol. The second-order valence-corrected chi connectivity index (χ2v) is 8.43. The molecule has 0 heterocycles. The molecule has 0 saturated heterocycles. The second kappa shape index (κ2) is 9.38. The van der Waals surface area contributed by atoms with Crippen LogP contribution in [0.4, 0.5) is 0 Å². The summed E-state index contributed by atoms with van der Waals surface area (Å²) in [5.41, 5.74) is 4.62. The highest BCUT2D eigenvalue weighted by Gasteiger charge is 2.24. The number of amides is 2. The van der Waals surface area contributed by atoms with Crippen LogP contribution in [-0.2, 0) is 10.0 Å². The number of hydrazine groups is 1. The Morgan fingerprint density at radius 2 is 1.61 bits per heavy atom. The summed E-state index contributed by atoms with van der Waals surface area (Å²) in [5.74, 6) is -1.34. The van der Waals surface area contributed by atoms with Crippen molar-refractivity contribution in [2.75, 3.05) is 13.1 Å². The normalized spacial score (nSPS) is 11.3. The van der Waals surface area contributed by atoms with Crippen molar-refractivity contribution in [3.63, 3.8) is 0 Å². The van der Waals surface area contributed by atoms with E-state index < -0.39 is 21.8 Å². The molecule has 0 fully saturated rings. The van der Waals surface area contributed by atoms with Gasteiger partial charge in [-0.15, -0.1) is 0 Å². The third-order valence-electron chi connectivity index (χ3n) is 3.90. The van der Waals surface area contributed by atoms with Crippen molar-refractivity contribution in [3.8, 4) is 0 Å². The van der Waals surface area contributed by atoms with E-state index >= 15 is 0 Å². The van der Waals surface area contributed by atoms with Crippen LogP contribution in [-0.4, -0.2) is 37.6 Å². The Morgan fingerprint density at radius 3 is 2.21 bits per heavy atom. The van der Waals surface area contributed by atoms with Gasteiger partial charge in [-0.2, -0.15) is 4.31 Å². The van der Waals surface area contributed by atoms with Crippen LogP contribution in [0.25, 0.3) is 0 Å². The van der Waals surface area contributed by atoms with E-state index in [1.165, 1.54) is 34.6 Å². The molecule has 7 nitrogen and oxygen atoms in total. The predicted octanol–water partition coefficient (Wildman–Crippen LogP) is 3.10. The largest absolute Gasteiger partial charge is 0.271 e. The first-order chi connectivity index (χ1) is 13.2. The predicted molar refractivity (Wildman–Crippen MR) is 108 cm³/mol. The van der Waals surface area contributed by atoms with Crippen molar-refractivity contribution < 1.29 is 18.0 Å². The quantitative estimate of drug-likeness (QED) is 0.670. The molecule has 0 unspecified atom stereocenters. The van der Waals surface area contributed by atoms with Crippen molar-refractivity contribution in [2.24, 2.45) is 0 Å². The van der Waals surface area contributed by atoms with Crippen LogP contribution in [0.15, 0.2) is 47.4 Å². The molecule has 2 aromatic rings. The van der Waals surface area contributed by atoms with Gasteiger partial charge in [0.05, 0.1) is 15.5 Å². The fraction of sp³-hybridized carbons (Fsp3) is 0.222. The van der Waals surface area contributed by atoms with E-state index in [0.717, 1.165) is 0 Å². The number of hydrogen-bond acceptors (Lipinski definition) is 4. The summed E-state index contributed by atoms with van der Waals surface area (Å²) in [6.45, 7) is 4.02. The van der Waals surface area contributed by atoms with Gasteiger partial charge in [-0.05, 0) is 36.4 Å². The van der Waals surface area contributed by atoms with Gasteiger partial charge in [0.15, 0.2) is 0 Å². The standard InChI is InChI=1S/C18H19Cl2N3O4S/c1-3-23(4-2)28(26,27)14-8-9-16(20)15(11-14)18(25)22-21-17(24)12-6-5-7-13(19)10-12/h5-11H,3-4H2,1-2H3,(H,21,24)(H,22,25). The van der Waals surface area contributed by atoms with Crippen molar-refractivity contribution in [1.82, 2.24) is 15.2 Å². The lowest BCUT2D eigenvalue weighted by Gasteiger charge is -2.19. The van der Waals surface area contributed by atoms with Gasteiger partial charge in [-0.25, -0.2) is 8.42 Å². The molecule has 10 heteroatoms. The molecule has 28 heavy (non-hydrogen) atoms. The van der Waals surface area contributed by atoms with Gasteiger partial charge in [0, 0.05) is 23.7 Å². The molecular formula is C18H19Cl2N3O4S. The van der Waals surface area contributed by atoms with Gasteiger partial charge in [-0.3, -0.25) is 20.4 Å². The summed E-state index contributed by atoms with van der Waals surface area (Å²) >= 11 is 11.9. The first kappa shape index (κ1) is 22.2. The number of hydrogen-bond donors (Lipinski definition) is 2. The van der Waals surface area contributed by atoms with E-state index in [2.05, 4.69) is 10.9 Å². The van der Waals surface area contributed by atoms with Crippen molar-refractivity contribution in [2.45, 2.75) is 18.7 Å². The first-order valence-electron chi connectivity index (χ1n) is 8.36. The highest BCUT2D eigenvalue weighted by molar-refractivity contribution is 7.89. The number of sulfonamides is 1. The molecule has 2 amide bonds. The topological polar surface area (TPSA) is 95.6 Å². The molecule has 0 aliphatic carbocycles. The number of nitrogens with zero attached hydrogens (tertiary/aromatic N) is 1. The maximum absolute atomic E-state index is 12.6. The van der Waals surface area contributed by atoms with Crippen LogP contribution in [0, 0.1) is 0 Å².